The third kappa shape index (κ3) is 4.05. The Morgan fingerprint density at radius 2 is 1.94 bits per heavy atom. The van der Waals surface area contributed by atoms with Crippen molar-refractivity contribution >= 4 is 22.7 Å². The Labute approximate surface area is 194 Å². The highest BCUT2D eigenvalue weighted by Crippen LogP contribution is 2.32. The summed E-state index contributed by atoms with van der Waals surface area (Å²) in [6.45, 7) is 1.52. The van der Waals surface area contributed by atoms with Gasteiger partial charge in [0.2, 0.25) is 11.7 Å². The Morgan fingerprint density at radius 1 is 1.06 bits per heavy atom. The Bertz CT molecular complexity index is 1370. The molecule has 0 amide bonds. The quantitative estimate of drug-likeness (QED) is 0.345. The summed E-state index contributed by atoms with van der Waals surface area (Å²) in [7, 11) is 0. The number of H-pyrrole nitrogens is 1. The van der Waals surface area contributed by atoms with Crippen molar-refractivity contribution in [2.75, 3.05) is 6.61 Å². The molecule has 33 heavy (non-hydrogen) atoms. The number of ether oxygens (including phenoxy) is 1. The molecule has 0 aliphatic carbocycles. The van der Waals surface area contributed by atoms with E-state index >= 15 is 0 Å². The zero-order valence-electron chi connectivity index (χ0n) is 17.8. The van der Waals surface area contributed by atoms with E-state index in [9.17, 15) is 0 Å². The van der Waals surface area contributed by atoms with Gasteiger partial charge in [0.1, 0.15) is 0 Å². The van der Waals surface area contributed by atoms with Crippen LogP contribution in [0.5, 0.6) is 0 Å². The molecule has 0 spiro atoms. The summed E-state index contributed by atoms with van der Waals surface area (Å²) in [5.74, 6) is 2.49. The second-order valence-electron chi connectivity index (χ2n) is 7.97. The minimum Gasteiger partial charge on any atom is -0.376 e. The van der Waals surface area contributed by atoms with Crippen molar-refractivity contribution < 1.29 is 9.26 Å². The van der Waals surface area contributed by atoms with Gasteiger partial charge in [-0.15, -0.1) is 10.2 Å². The van der Waals surface area contributed by atoms with Gasteiger partial charge < -0.3 is 14.2 Å². The Kier molecular flexibility index (Phi) is 5.41. The standard InChI is InChI=1S/C24H22N6O2S/c1-2-7-16(8-3-1)22-26-21(32-29-22)15-33-24-28-27-23(30(24)14-17-9-6-12-31-17)19-13-25-20-11-5-4-10-18(19)20/h1-5,7-8,10-11,13,17,25H,6,9,12,14-15H2. The number of aromatic amines is 1. The normalized spacial score (nSPS) is 16.1. The van der Waals surface area contributed by atoms with Crippen molar-refractivity contribution in [1.82, 2.24) is 29.9 Å². The molecule has 0 bridgehead atoms. The molecule has 0 saturated carbocycles. The highest BCUT2D eigenvalue weighted by molar-refractivity contribution is 7.98. The molecular formula is C24H22N6O2S. The summed E-state index contributed by atoms with van der Waals surface area (Å²) in [6, 6.07) is 18.0. The van der Waals surface area contributed by atoms with Crippen LogP contribution in [0.15, 0.2) is 70.5 Å². The lowest BCUT2D eigenvalue weighted by Gasteiger charge is -2.14. The molecule has 1 saturated heterocycles. The summed E-state index contributed by atoms with van der Waals surface area (Å²) in [6.07, 6.45) is 4.29. The Hall–Kier alpha value is -3.43. The van der Waals surface area contributed by atoms with Crippen LogP contribution < -0.4 is 0 Å². The molecule has 1 aliphatic heterocycles. The topological polar surface area (TPSA) is 94.7 Å². The van der Waals surface area contributed by atoms with Gasteiger partial charge in [0, 0.05) is 34.8 Å². The maximum Gasteiger partial charge on any atom is 0.237 e. The Balaban J connectivity index is 1.29. The van der Waals surface area contributed by atoms with Crippen LogP contribution in [0.1, 0.15) is 18.7 Å². The van der Waals surface area contributed by atoms with E-state index < -0.39 is 0 Å². The lowest BCUT2D eigenvalue weighted by Crippen LogP contribution is -2.16. The lowest BCUT2D eigenvalue weighted by atomic mass is 10.1. The van der Waals surface area contributed by atoms with Gasteiger partial charge in [-0.05, 0) is 18.9 Å². The van der Waals surface area contributed by atoms with E-state index in [1.54, 1.807) is 11.8 Å². The minimum atomic E-state index is 0.164. The third-order valence-corrected chi connectivity index (χ3v) is 6.73. The molecule has 166 valence electrons. The lowest BCUT2D eigenvalue weighted by molar-refractivity contribution is 0.0953. The van der Waals surface area contributed by atoms with Crippen molar-refractivity contribution in [3.05, 3.63) is 66.7 Å². The number of hydrogen-bond donors (Lipinski definition) is 1. The summed E-state index contributed by atoms with van der Waals surface area (Å²) in [4.78, 5) is 7.88. The molecule has 1 unspecified atom stereocenters. The molecule has 2 aromatic carbocycles. The molecule has 8 nitrogen and oxygen atoms in total. The molecule has 3 aromatic heterocycles. The van der Waals surface area contributed by atoms with Crippen molar-refractivity contribution in [2.45, 2.75) is 36.4 Å². The van der Waals surface area contributed by atoms with E-state index in [1.807, 2.05) is 48.7 Å². The molecule has 1 aliphatic rings. The number of fused-ring (bicyclic) bond motifs is 1. The summed E-state index contributed by atoms with van der Waals surface area (Å²) < 4.78 is 13.6. The Morgan fingerprint density at radius 3 is 2.82 bits per heavy atom. The van der Waals surface area contributed by atoms with Gasteiger partial charge in [-0.1, -0.05) is 65.4 Å². The molecule has 6 rings (SSSR count). The predicted octanol–water partition coefficient (Wildman–Crippen LogP) is 4.95. The van der Waals surface area contributed by atoms with E-state index in [4.69, 9.17) is 9.26 Å². The van der Waals surface area contributed by atoms with Gasteiger partial charge in [0.15, 0.2) is 11.0 Å². The molecule has 5 aromatic rings. The second-order valence-corrected chi connectivity index (χ2v) is 8.91. The first-order valence-corrected chi connectivity index (χ1v) is 12.0. The van der Waals surface area contributed by atoms with Gasteiger partial charge in [0.05, 0.1) is 18.4 Å². The van der Waals surface area contributed by atoms with Crippen LogP contribution in [0, 0.1) is 0 Å². The number of para-hydroxylation sites is 1. The smallest absolute Gasteiger partial charge is 0.237 e. The number of hydrogen-bond acceptors (Lipinski definition) is 7. The van der Waals surface area contributed by atoms with Crippen LogP contribution in [0.3, 0.4) is 0 Å². The highest BCUT2D eigenvalue weighted by atomic mass is 32.2. The van der Waals surface area contributed by atoms with Gasteiger partial charge in [-0.3, -0.25) is 4.57 Å². The van der Waals surface area contributed by atoms with Crippen molar-refractivity contribution in [3.63, 3.8) is 0 Å². The minimum absolute atomic E-state index is 0.164. The number of benzene rings is 2. The maximum atomic E-state index is 5.92. The van der Waals surface area contributed by atoms with E-state index in [2.05, 4.69) is 42.0 Å². The fourth-order valence-electron chi connectivity index (χ4n) is 4.15. The number of nitrogens with one attached hydrogen (secondary N) is 1. The summed E-state index contributed by atoms with van der Waals surface area (Å²) >= 11 is 1.54. The van der Waals surface area contributed by atoms with Crippen LogP contribution >= 0.6 is 11.8 Å². The van der Waals surface area contributed by atoms with Crippen LogP contribution in [0.25, 0.3) is 33.7 Å². The van der Waals surface area contributed by atoms with Gasteiger partial charge in [-0.25, -0.2) is 0 Å². The van der Waals surface area contributed by atoms with Crippen LogP contribution in [-0.2, 0) is 17.0 Å². The first kappa shape index (κ1) is 20.2. The number of thioether (sulfide) groups is 1. The van der Waals surface area contributed by atoms with E-state index in [0.29, 0.717) is 24.0 Å². The van der Waals surface area contributed by atoms with Crippen molar-refractivity contribution in [3.8, 4) is 22.8 Å². The molecule has 1 fully saturated rings. The molecule has 1 N–H and O–H groups in total. The first-order valence-electron chi connectivity index (χ1n) is 11.0. The van der Waals surface area contributed by atoms with E-state index in [1.165, 1.54) is 0 Å². The molecule has 1 atom stereocenters. The van der Waals surface area contributed by atoms with Crippen molar-refractivity contribution in [2.24, 2.45) is 0 Å². The maximum absolute atomic E-state index is 5.92. The van der Waals surface area contributed by atoms with Crippen LogP contribution in [0.2, 0.25) is 0 Å². The second kappa shape index (κ2) is 8.84. The van der Waals surface area contributed by atoms with Crippen molar-refractivity contribution in [1.29, 1.82) is 0 Å². The molecular weight excluding hydrogens is 436 g/mol. The SMILES string of the molecule is c1ccc(-c2noc(CSc3nnc(-c4c[nH]c5ccccc45)n3CC3CCCO3)n2)cc1. The van der Waals surface area contributed by atoms with Gasteiger partial charge >= 0.3 is 0 Å². The fraction of sp³-hybridized carbons (Fsp3) is 0.250. The zero-order chi connectivity index (χ0) is 22.0. The average Bonchev–Trinajstić information content (AvgIpc) is 3.66. The zero-order valence-corrected chi connectivity index (χ0v) is 18.7. The van der Waals surface area contributed by atoms with E-state index in [-0.39, 0.29) is 6.10 Å². The van der Waals surface area contributed by atoms with Gasteiger partial charge in [0.25, 0.3) is 0 Å². The van der Waals surface area contributed by atoms with E-state index in [0.717, 1.165) is 52.5 Å². The summed E-state index contributed by atoms with van der Waals surface area (Å²) in [5, 5.41) is 15.1. The summed E-state index contributed by atoms with van der Waals surface area (Å²) in [5.41, 5.74) is 3.04. The largest absolute Gasteiger partial charge is 0.376 e. The predicted molar refractivity (Wildman–Crippen MR) is 126 cm³/mol. The van der Waals surface area contributed by atoms with Crippen LogP contribution in [0.4, 0.5) is 0 Å². The fourth-order valence-corrected chi connectivity index (χ4v) is 4.94. The first-order chi connectivity index (χ1) is 16.3. The monoisotopic (exact) mass is 458 g/mol. The third-order valence-electron chi connectivity index (χ3n) is 5.78. The average molecular weight is 459 g/mol. The van der Waals surface area contributed by atoms with Gasteiger partial charge in [-0.2, -0.15) is 4.98 Å². The molecule has 4 heterocycles. The van der Waals surface area contributed by atoms with Crippen LogP contribution in [-0.4, -0.2) is 42.6 Å². The number of aromatic nitrogens is 6. The molecule has 9 heteroatoms. The highest BCUT2D eigenvalue weighted by Gasteiger charge is 2.23. The number of rotatable bonds is 7. The molecule has 0 radical (unpaired) electrons. The number of nitrogens with zero attached hydrogens (tertiary/aromatic N) is 5.